The molecule has 0 saturated heterocycles. The summed E-state index contributed by atoms with van der Waals surface area (Å²) in [7, 11) is 1.29. The predicted octanol–water partition coefficient (Wildman–Crippen LogP) is 0.379. The van der Waals surface area contributed by atoms with Crippen molar-refractivity contribution < 1.29 is 14.3 Å². The standard InChI is InChI=1S/C14H17N5O3S/c1-22-12(21)10(7-9-5-3-2-4-6-9)16-11(20)8-23-14-17-13(15)18-19-14/h2-6,10H,7-8H2,1H3,(H,16,20)(H3,15,17,18,19)/t10-/m1/s1. The largest absolute Gasteiger partial charge is 0.467 e. The SMILES string of the molecule is COC(=O)[C@@H](Cc1ccccc1)NC(=O)CSc1n[nH]c(N)n1. The van der Waals surface area contributed by atoms with Gasteiger partial charge in [-0.15, -0.1) is 5.10 Å². The van der Waals surface area contributed by atoms with Crippen molar-refractivity contribution in [1.29, 1.82) is 0 Å². The summed E-state index contributed by atoms with van der Waals surface area (Å²) >= 11 is 1.12. The number of H-pyrrole nitrogens is 1. The van der Waals surface area contributed by atoms with Gasteiger partial charge in [-0.2, -0.15) is 4.98 Å². The number of ether oxygens (including phenoxy) is 1. The van der Waals surface area contributed by atoms with Crippen LogP contribution in [0.4, 0.5) is 5.95 Å². The van der Waals surface area contributed by atoms with Gasteiger partial charge in [0.25, 0.3) is 0 Å². The topological polar surface area (TPSA) is 123 Å². The number of aromatic amines is 1. The Bertz CT molecular complexity index is 661. The van der Waals surface area contributed by atoms with Gasteiger partial charge >= 0.3 is 5.97 Å². The zero-order chi connectivity index (χ0) is 16.7. The molecule has 1 aromatic heterocycles. The maximum atomic E-state index is 12.0. The van der Waals surface area contributed by atoms with Crippen LogP contribution in [0, 0.1) is 0 Å². The van der Waals surface area contributed by atoms with Crippen molar-refractivity contribution >= 4 is 29.6 Å². The van der Waals surface area contributed by atoms with Crippen molar-refractivity contribution in [2.75, 3.05) is 18.6 Å². The monoisotopic (exact) mass is 335 g/mol. The molecule has 0 spiro atoms. The number of nitrogens with zero attached hydrogens (tertiary/aromatic N) is 2. The van der Waals surface area contributed by atoms with Gasteiger partial charge in [0.1, 0.15) is 6.04 Å². The summed E-state index contributed by atoms with van der Waals surface area (Å²) < 4.78 is 4.74. The van der Waals surface area contributed by atoms with E-state index in [1.807, 2.05) is 30.3 Å². The Morgan fingerprint density at radius 1 is 1.39 bits per heavy atom. The highest BCUT2D eigenvalue weighted by molar-refractivity contribution is 7.99. The molecule has 0 fully saturated rings. The minimum Gasteiger partial charge on any atom is -0.467 e. The molecule has 0 unspecified atom stereocenters. The highest BCUT2D eigenvalue weighted by Crippen LogP contribution is 2.12. The van der Waals surface area contributed by atoms with Crippen LogP contribution < -0.4 is 11.1 Å². The molecule has 8 nitrogen and oxygen atoms in total. The molecule has 1 atom stereocenters. The number of rotatable bonds is 7. The normalized spacial score (nSPS) is 11.7. The molecule has 0 aliphatic rings. The minimum absolute atomic E-state index is 0.0690. The summed E-state index contributed by atoms with van der Waals surface area (Å²) in [5.74, 6) is -0.553. The van der Waals surface area contributed by atoms with Gasteiger partial charge in [0.05, 0.1) is 12.9 Å². The van der Waals surface area contributed by atoms with E-state index in [1.165, 1.54) is 7.11 Å². The van der Waals surface area contributed by atoms with Crippen LogP contribution in [0.5, 0.6) is 0 Å². The number of esters is 1. The van der Waals surface area contributed by atoms with Crippen molar-refractivity contribution in [3.8, 4) is 0 Å². The number of anilines is 1. The number of nitrogens with two attached hydrogens (primary N) is 1. The van der Waals surface area contributed by atoms with Gasteiger partial charge in [-0.25, -0.2) is 9.89 Å². The van der Waals surface area contributed by atoms with E-state index in [1.54, 1.807) is 0 Å². The first-order valence-corrected chi connectivity index (χ1v) is 7.79. The number of hydrogen-bond acceptors (Lipinski definition) is 7. The number of carbonyl (C=O) groups is 2. The molecule has 0 radical (unpaired) electrons. The Morgan fingerprint density at radius 2 is 2.13 bits per heavy atom. The molecule has 0 aliphatic heterocycles. The van der Waals surface area contributed by atoms with Gasteiger partial charge in [0, 0.05) is 6.42 Å². The lowest BCUT2D eigenvalue weighted by molar-refractivity contribution is -0.144. The molecule has 1 amide bonds. The van der Waals surface area contributed by atoms with Gasteiger partial charge in [-0.3, -0.25) is 4.79 Å². The summed E-state index contributed by atoms with van der Waals surface area (Å²) in [4.78, 5) is 27.7. The van der Waals surface area contributed by atoms with E-state index in [9.17, 15) is 9.59 Å². The van der Waals surface area contributed by atoms with Crippen LogP contribution >= 0.6 is 11.8 Å². The van der Waals surface area contributed by atoms with E-state index >= 15 is 0 Å². The summed E-state index contributed by atoms with van der Waals surface area (Å²) in [6.45, 7) is 0. The second-order valence-corrected chi connectivity index (χ2v) is 5.57. The number of aromatic nitrogens is 3. The van der Waals surface area contributed by atoms with Crippen LogP contribution in [0.1, 0.15) is 5.56 Å². The molecule has 9 heteroatoms. The van der Waals surface area contributed by atoms with Gasteiger partial charge in [0.2, 0.25) is 17.0 Å². The minimum atomic E-state index is -0.743. The summed E-state index contributed by atoms with van der Waals surface area (Å²) in [6.07, 6.45) is 0.359. The number of amides is 1. The first-order valence-electron chi connectivity index (χ1n) is 6.80. The number of methoxy groups -OCH3 is 1. The third kappa shape index (κ3) is 5.29. The smallest absolute Gasteiger partial charge is 0.328 e. The van der Waals surface area contributed by atoms with E-state index in [4.69, 9.17) is 10.5 Å². The van der Waals surface area contributed by atoms with E-state index in [2.05, 4.69) is 20.5 Å². The van der Waals surface area contributed by atoms with Crippen molar-refractivity contribution in [3.63, 3.8) is 0 Å². The Balaban J connectivity index is 1.91. The molecule has 2 rings (SSSR count). The third-order valence-electron chi connectivity index (χ3n) is 2.92. The Morgan fingerprint density at radius 3 is 2.74 bits per heavy atom. The number of hydrogen-bond donors (Lipinski definition) is 3. The van der Waals surface area contributed by atoms with Crippen LogP contribution in [-0.2, 0) is 20.7 Å². The molecule has 1 heterocycles. The second kappa shape index (κ2) is 8.18. The maximum Gasteiger partial charge on any atom is 0.328 e. The molecule has 2 aromatic rings. The Hall–Kier alpha value is -2.55. The quantitative estimate of drug-likeness (QED) is 0.494. The average Bonchev–Trinajstić information content (AvgIpc) is 2.98. The lowest BCUT2D eigenvalue weighted by Gasteiger charge is -2.16. The number of carbonyl (C=O) groups excluding carboxylic acids is 2. The lowest BCUT2D eigenvalue weighted by atomic mass is 10.1. The molecule has 23 heavy (non-hydrogen) atoms. The van der Waals surface area contributed by atoms with E-state index in [0.717, 1.165) is 17.3 Å². The fraction of sp³-hybridized carbons (Fsp3) is 0.286. The molecular formula is C14H17N5O3S. The predicted molar refractivity (Wildman–Crippen MR) is 85.6 cm³/mol. The van der Waals surface area contributed by atoms with E-state index < -0.39 is 12.0 Å². The van der Waals surface area contributed by atoms with Crippen LogP contribution in [0.3, 0.4) is 0 Å². The van der Waals surface area contributed by atoms with Crippen LogP contribution in [0.25, 0.3) is 0 Å². The van der Waals surface area contributed by atoms with Gasteiger partial charge < -0.3 is 15.8 Å². The van der Waals surface area contributed by atoms with Crippen molar-refractivity contribution in [2.45, 2.75) is 17.6 Å². The first kappa shape index (κ1) is 16.8. The van der Waals surface area contributed by atoms with E-state index in [-0.39, 0.29) is 17.6 Å². The first-order chi connectivity index (χ1) is 11.1. The average molecular weight is 335 g/mol. The van der Waals surface area contributed by atoms with Crippen molar-refractivity contribution in [2.24, 2.45) is 0 Å². The number of nitrogen functional groups attached to an aromatic ring is 1. The zero-order valence-electron chi connectivity index (χ0n) is 12.5. The molecule has 122 valence electrons. The fourth-order valence-corrected chi connectivity index (χ4v) is 2.49. The fourth-order valence-electron chi connectivity index (χ4n) is 1.87. The van der Waals surface area contributed by atoms with Crippen LogP contribution in [0.15, 0.2) is 35.5 Å². The van der Waals surface area contributed by atoms with Gasteiger partial charge in [0.15, 0.2) is 0 Å². The highest BCUT2D eigenvalue weighted by Gasteiger charge is 2.22. The maximum absolute atomic E-state index is 12.0. The Labute approximate surface area is 137 Å². The number of nitrogens with one attached hydrogen (secondary N) is 2. The molecule has 0 bridgehead atoms. The van der Waals surface area contributed by atoms with Gasteiger partial charge in [-0.05, 0) is 5.56 Å². The second-order valence-electron chi connectivity index (χ2n) is 4.62. The number of benzene rings is 1. The summed E-state index contributed by atoms with van der Waals surface area (Å²) in [6, 6.07) is 8.65. The third-order valence-corrected chi connectivity index (χ3v) is 3.77. The van der Waals surface area contributed by atoms with Crippen LogP contribution in [-0.4, -0.2) is 46.0 Å². The molecule has 0 saturated carbocycles. The lowest BCUT2D eigenvalue weighted by Crippen LogP contribution is -2.43. The van der Waals surface area contributed by atoms with Crippen LogP contribution in [0.2, 0.25) is 0 Å². The summed E-state index contributed by atoms with van der Waals surface area (Å²) in [5, 5.41) is 9.33. The molecular weight excluding hydrogens is 318 g/mol. The van der Waals surface area contributed by atoms with Gasteiger partial charge in [-0.1, -0.05) is 42.1 Å². The summed E-state index contributed by atoms with van der Waals surface area (Å²) in [5.41, 5.74) is 6.33. The van der Waals surface area contributed by atoms with Crippen molar-refractivity contribution in [1.82, 2.24) is 20.5 Å². The molecule has 0 aliphatic carbocycles. The van der Waals surface area contributed by atoms with E-state index in [0.29, 0.717) is 11.6 Å². The molecule has 1 aromatic carbocycles. The van der Waals surface area contributed by atoms with Crippen molar-refractivity contribution in [3.05, 3.63) is 35.9 Å². The highest BCUT2D eigenvalue weighted by atomic mass is 32.2. The molecule has 4 N–H and O–H groups in total. The number of thioether (sulfide) groups is 1. The zero-order valence-corrected chi connectivity index (χ0v) is 13.3. The Kier molecular flexibility index (Phi) is 5.98.